The molecule has 0 saturated carbocycles. The number of hydrogen-bond donors (Lipinski definition) is 0. The van der Waals surface area contributed by atoms with Crippen LogP contribution >= 0.6 is 15.9 Å². The molecule has 0 fully saturated rings. The molecule has 0 heterocycles. The molecule has 0 unspecified atom stereocenters. The van der Waals surface area contributed by atoms with E-state index < -0.39 is 0 Å². The molecular weight excluding hydrogens is 236 g/mol. The third-order valence-corrected chi connectivity index (χ3v) is 3.20. The van der Waals surface area contributed by atoms with Crippen molar-refractivity contribution in [1.29, 1.82) is 0 Å². The Morgan fingerprint density at radius 2 is 2.21 bits per heavy atom. The molecule has 1 heteroatoms. The van der Waals surface area contributed by atoms with Crippen LogP contribution in [-0.2, 0) is 12.8 Å². The Morgan fingerprint density at radius 1 is 1.36 bits per heavy atom. The largest absolute Gasteiger partial charge is 0.0795 e. The maximum absolute atomic E-state index is 3.58. The SMILES string of the molecule is CCCCc1cc(Br)cc2c1C=CC2. The minimum Gasteiger partial charge on any atom is -0.0795 e. The predicted octanol–water partition coefficient (Wildman–Crippen LogP) is 4.36. The first-order valence-electron chi connectivity index (χ1n) is 5.29. The molecule has 1 aliphatic rings. The van der Waals surface area contributed by atoms with Crippen LogP contribution in [0.25, 0.3) is 6.08 Å². The van der Waals surface area contributed by atoms with Crippen molar-refractivity contribution in [3.63, 3.8) is 0 Å². The molecule has 0 spiro atoms. The van der Waals surface area contributed by atoms with E-state index in [0.29, 0.717) is 0 Å². The van der Waals surface area contributed by atoms with Gasteiger partial charge < -0.3 is 0 Å². The lowest BCUT2D eigenvalue weighted by atomic mass is 9.99. The summed E-state index contributed by atoms with van der Waals surface area (Å²) in [6, 6.07) is 4.51. The third-order valence-electron chi connectivity index (χ3n) is 2.74. The lowest BCUT2D eigenvalue weighted by Gasteiger charge is -2.08. The molecule has 0 aliphatic heterocycles. The maximum atomic E-state index is 3.58. The van der Waals surface area contributed by atoms with Crippen LogP contribution < -0.4 is 0 Å². The summed E-state index contributed by atoms with van der Waals surface area (Å²) in [5.74, 6) is 0. The van der Waals surface area contributed by atoms with Crippen LogP contribution in [-0.4, -0.2) is 0 Å². The monoisotopic (exact) mass is 250 g/mol. The van der Waals surface area contributed by atoms with Crippen LogP contribution in [0.2, 0.25) is 0 Å². The molecule has 0 aromatic heterocycles. The summed E-state index contributed by atoms with van der Waals surface area (Å²) in [5, 5.41) is 0. The van der Waals surface area contributed by atoms with Crippen molar-refractivity contribution in [1.82, 2.24) is 0 Å². The summed E-state index contributed by atoms with van der Waals surface area (Å²) in [7, 11) is 0. The van der Waals surface area contributed by atoms with Crippen molar-refractivity contribution in [2.24, 2.45) is 0 Å². The summed E-state index contributed by atoms with van der Waals surface area (Å²) >= 11 is 3.58. The van der Waals surface area contributed by atoms with Crippen molar-refractivity contribution >= 4 is 22.0 Å². The molecule has 2 rings (SSSR count). The van der Waals surface area contributed by atoms with E-state index in [1.807, 2.05) is 0 Å². The second-order valence-corrected chi connectivity index (χ2v) is 4.76. The summed E-state index contributed by atoms with van der Waals surface area (Å²) in [6.45, 7) is 2.24. The molecular formula is C13H15Br. The standard InChI is InChI=1S/C13H15Br/c1-2-3-5-10-8-12(14)9-11-6-4-7-13(10)11/h4,7-9H,2-3,5-6H2,1H3. The Labute approximate surface area is 94.2 Å². The van der Waals surface area contributed by atoms with Gasteiger partial charge >= 0.3 is 0 Å². The van der Waals surface area contributed by atoms with Crippen LogP contribution in [0.3, 0.4) is 0 Å². The maximum Gasteiger partial charge on any atom is 0.0181 e. The first-order chi connectivity index (χ1) is 6.81. The quantitative estimate of drug-likeness (QED) is 0.748. The molecule has 14 heavy (non-hydrogen) atoms. The van der Waals surface area contributed by atoms with Crippen LogP contribution in [0, 0.1) is 0 Å². The Balaban J connectivity index is 2.33. The molecule has 0 atom stereocenters. The lowest BCUT2D eigenvalue weighted by molar-refractivity contribution is 0.793. The van der Waals surface area contributed by atoms with Gasteiger partial charge in [0.15, 0.2) is 0 Å². The highest BCUT2D eigenvalue weighted by atomic mass is 79.9. The number of unbranched alkanes of at least 4 members (excludes halogenated alkanes) is 1. The Morgan fingerprint density at radius 3 is 3.00 bits per heavy atom. The molecule has 0 saturated heterocycles. The van der Waals surface area contributed by atoms with Crippen molar-refractivity contribution in [3.05, 3.63) is 39.4 Å². The van der Waals surface area contributed by atoms with Gasteiger partial charge in [-0.1, -0.05) is 41.4 Å². The van der Waals surface area contributed by atoms with Crippen molar-refractivity contribution < 1.29 is 0 Å². The third kappa shape index (κ3) is 1.93. The van der Waals surface area contributed by atoms with Gasteiger partial charge in [0.25, 0.3) is 0 Å². The van der Waals surface area contributed by atoms with E-state index >= 15 is 0 Å². The van der Waals surface area contributed by atoms with Gasteiger partial charge in [0, 0.05) is 4.47 Å². The zero-order valence-electron chi connectivity index (χ0n) is 8.52. The average Bonchev–Trinajstić information content (AvgIpc) is 2.61. The number of aryl methyl sites for hydroxylation is 1. The number of rotatable bonds is 3. The van der Waals surface area contributed by atoms with Gasteiger partial charge in [-0.3, -0.25) is 0 Å². The normalized spacial score (nSPS) is 13.3. The van der Waals surface area contributed by atoms with Crippen LogP contribution in [0.4, 0.5) is 0 Å². The fourth-order valence-electron chi connectivity index (χ4n) is 2.00. The Hall–Kier alpha value is -0.560. The van der Waals surface area contributed by atoms with Crippen molar-refractivity contribution in [3.8, 4) is 0 Å². The zero-order valence-corrected chi connectivity index (χ0v) is 10.1. The average molecular weight is 251 g/mol. The van der Waals surface area contributed by atoms with Gasteiger partial charge in [-0.05, 0) is 48.1 Å². The smallest absolute Gasteiger partial charge is 0.0181 e. The number of fused-ring (bicyclic) bond motifs is 1. The second-order valence-electron chi connectivity index (χ2n) is 3.85. The van der Waals surface area contributed by atoms with Crippen molar-refractivity contribution in [2.45, 2.75) is 32.6 Å². The summed E-state index contributed by atoms with van der Waals surface area (Å²) < 4.78 is 1.23. The fraction of sp³-hybridized carbons (Fsp3) is 0.385. The van der Waals surface area contributed by atoms with E-state index in [-0.39, 0.29) is 0 Å². The number of benzene rings is 1. The highest BCUT2D eigenvalue weighted by Gasteiger charge is 2.10. The van der Waals surface area contributed by atoms with Crippen LogP contribution in [0.5, 0.6) is 0 Å². The minimum atomic E-state index is 1.11. The van der Waals surface area contributed by atoms with Gasteiger partial charge in [-0.15, -0.1) is 0 Å². The van der Waals surface area contributed by atoms with Gasteiger partial charge in [0.1, 0.15) is 0 Å². The molecule has 0 radical (unpaired) electrons. The Bertz CT molecular complexity index is 364. The van der Waals surface area contributed by atoms with Crippen molar-refractivity contribution in [2.75, 3.05) is 0 Å². The first-order valence-corrected chi connectivity index (χ1v) is 6.08. The van der Waals surface area contributed by atoms with Crippen LogP contribution in [0.1, 0.15) is 36.5 Å². The molecule has 1 aromatic rings. The van der Waals surface area contributed by atoms with E-state index in [1.165, 1.54) is 40.4 Å². The fourth-order valence-corrected chi connectivity index (χ4v) is 2.55. The van der Waals surface area contributed by atoms with E-state index in [4.69, 9.17) is 0 Å². The molecule has 74 valence electrons. The molecule has 0 amide bonds. The number of allylic oxidation sites excluding steroid dienone is 1. The summed E-state index contributed by atoms with van der Waals surface area (Å²) in [5.41, 5.74) is 4.46. The highest BCUT2D eigenvalue weighted by molar-refractivity contribution is 9.10. The zero-order chi connectivity index (χ0) is 9.97. The van der Waals surface area contributed by atoms with E-state index in [1.54, 1.807) is 0 Å². The Kier molecular flexibility index (Phi) is 3.07. The molecule has 1 aliphatic carbocycles. The lowest BCUT2D eigenvalue weighted by Crippen LogP contribution is -1.92. The topological polar surface area (TPSA) is 0 Å². The summed E-state index contributed by atoms with van der Waals surface area (Å²) in [6.07, 6.45) is 9.40. The molecule has 1 aromatic carbocycles. The van der Waals surface area contributed by atoms with Gasteiger partial charge in [0.2, 0.25) is 0 Å². The molecule has 0 nitrogen and oxygen atoms in total. The van der Waals surface area contributed by atoms with Gasteiger partial charge in [-0.25, -0.2) is 0 Å². The van der Waals surface area contributed by atoms with Gasteiger partial charge in [0.05, 0.1) is 0 Å². The molecule has 0 N–H and O–H groups in total. The van der Waals surface area contributed by atoms with Gasteiger partial charge in [-0.2, -0.15) is 0 Å². The predicted molar refractivity (Wildman–Crippen MR) is 65.5 cm³/mol. The van der Waals surface area contributed by atoms with E-state index in [2.05, 4.69) is 47.1 Å². The first kappa shape index (κ1) is 9.97. The summed E-state index contributed by atoms with van der Waals surface area (Å²) in [4.78, 5) is 0. The minimum absolute atomic E-state index is 1.11. The highest BCUT2D eigenvalue weighted by Crippen LogP contribution is 2.28. The van der Waals surface area contributed by atoms with E-state index in [0.717, 1.165) is 6.42 Å². The molecule has 0 bridgehead atoms. The number of hydrogen-bond acceptors (Lipinski definition) is 0. The van der Waals surface area contributed by atoms with E-state index in [9.17, 15) is 0 Å². The number of halogens is 1. The van der Waals surface area contributed by atoms with Crippen LogP contribution in [0.15, 0.2) is 22.7 Å². The second kappa shape index (κ2) is 4.31.